The van der Waals surface area contributed by atoms with Crippen LogP contribution in [0.5, 0.6) is 0 Å². The first-order valence-electron chi connectivity index (χ1n) is 6.07. The zero-order valence-corrected chi connectivity index (χ0v) is 12.6. The largest absolute Gasteiger partial charge is 0.396 e. The summed E-state index contributed by atoms with van der Waals surface area (Å²) in [6.07, 6.45) is 0. The van der Waals surface area contributed by atoms with Gasteiger partial charge in [0.05, 0.1) is 18.9 Å². The monoisotopic (exact) mass is 324 g/mol. The van der Waals surface area contributed by atoms with Gasteiger partial charge in [0.25, 0.3) is 0 Å². The lowest BCUT2D eigenvalue weighted by atomic mass is 10.3. The highest BCUT2D eigenvalue weighted by Crippen LogP contribution is 2.24. The summed E-state index contributed by atoms with van der Waals surface area (Å²) < 4.78 is 62.4. The first kappa shape index (κ1) is 17.8. The van der Waals surface area contributed by atoms with Gasteiger partial charge in [-0.3, -0.25) is 0 Å². The quantitative estimate of drug-likeness (QED) is 0.716. The molecule has 0 aliphatic rings. The first-order valence-corrected chi connectivity index (χ1v) is 7.51. The van der Waals surface area contributed by atoms with E-state index < -0.39 is 32.2 Å². The summed E-state index contributed by atoms with van der Waals surface area (Å²) in [5.41, 5.74) is 4.88. The highest BCUT2D eigenvalue weighted by atomic mass is 32.2. The fourth-order valence-corrected chi connectivity index (χ4v) is 3.11. The Hall–Kier alpha value is -1.29. The van der Waals surface area contributed by atoms with E-state index in [2.05, 4.69) is 0 Å². The zero-order chi connectivity index (χ0) is 16.0. The molecule has 0 fully saturated rings. The normalized spacial score (nSPS) is 12.0. The van der Waals surface area contributed by atoms with E-state index in [1.807, 2.05) is 0 Å². The van der Waals surface area contributed by atoms with Crippen LogP contribution in [0.3, 0.4) is 0 Å². The fraction of sp³-hybridized carbons (Fsp3) is 0.500. The smallest absolute Gasteiger partial charge is 0.246 e. The van der Waals surface area contributed by atoms with E-state index in [1.165, 1.54) is 14.2 Å². The molecule has 0 saturated carbocycles. The number of rotatable bonds is 8. The van der Waals surface area contributed by atoms with Gasteiger partial charge in [-0.05, 0) is 6.07 Å². The second-order valence-corrected chi connectivity index (χ2v) is 6.10. The van der Waals surface area contributed by atoms with E-state index in [9.17, 15) is 17.2 Å². The maximum absolute atomic E-state index is 13.8. The fourth-order valence-electron chi connectivity index (χ4n) is 1.62. The summed E-state index contributed by atoms with van der Waals surface area (Å²) >= 11 is 0. The molecule has 6 nitrogen and oxygen atoms in total. The van der Waals surface area contributed by atoms with Gasteiger partial charge in [0.2, 0.25) is 10.0 Å². The Labute approximate surface area is 122 Å². The number of methoxy groups -OCH3 is 2. The molecule has 0 aliphatic heterocycles. The van der Waals surface area contributed by atoms with Gasteiger partial charge in [0, 0.05) is 33.4 Å². The van der Waals surface area contributed by atoms with Crippen molar-refractivity contribution in [2.24, 2.45) is 0 Å². The molecule has 2 N–H and O–H groups in total. The molecular weight excluding hydrogens is 306 g/mol. The molecule has 0 saturated heterocycles. The van der Waals surface area contributed by atoms with Crippen LogP contribution in [0.15, 0.2) is 17.0 Å². The molecular formula is C12H18F2N2O4S. The van der Waals surface area contributed by atoms with Crippen LogP contribution in [-0.4, -0.2) is 53.2 Å². The van der Waals surface area contributed by atoms with Crippen LogP contribution >= 0.6 is 0 Å². The van der Waals surface area contributed by atoms with Crippen LogP contribution in [-0.2, 0) is 19.5 Å². The number of halogens is 2. The standard InChI is InChI=1S/C12H18F2N2O4S/c1-19-5-3-16(4-6-20-2)21(17,18)12-8-11(15)9(13)7-10(12)14/h7-8H,3-6,15H2,1-2H3. The second kappa shape index (κ2) is 7.64. The Balaban J connectivity index is 3.18. The van der Waals surface area contributed by atoms with E-state index in [0.29, 0.717) is 6.07 Å². The number of ether oxygens (including phenoxy) is 2. The van der Waals surface area contributed by atoms with E-state index in [4.69, 9.17) is 15.2 Å². The summed E-state index contributed by atoms with van der Waals surface area (Å²) in [5.74, 6) is -2.20. The van der Waals surface area contributed by atoms with Gasteiger partial charge in [-0.1, -0.05) is 0 Å². The van der Waals surface area contributed by atoms with Gasteiger partial charge in [-0.2, -0.15) is 4.31 Å². The Morgan fingerprint density at radius 2 is 1.62 bits per heavy atom. The van der Waals surface area contributed by atoms with E-state index in [-0.39, 0.29) is 26.3 Å². The topological polar surface area (TPSA) is 81.9 Å². The molecule has 1 aromatic rings. The summed E-state index contributed by atoms with van der Waals surface area (Å²) in [4.78, 5) is -0.673. The number of hydrogen-bond acceptors (Lipinski definition) is 5. The molecule has 0 atom stereocenters. The lowest BCUT2D eigenvalue weighted by Gasteiger charge is -2.22. The SMILES string of the molecule is COCCN(CCOC)S(=O)(=O)c1cc(N)c(F)cc1F. The van der Waals surface area contributed by atoms with Crippen molar-refractivity contribution in [1.82, 2.24) is 4.31 Å². The number of nitrogens with two attached hydrogens (primary N) is 1. The van der Waals surface area contributed by atoms with Crippen LogP contribution in [0, 0.1) is 11.6 Å². The maximum atomic E-state index is 13.8. The lowest BCUT2D eigenvalue weighted by Crippen LogP contribution is -2.37. The van der Waals surface area contributed by atoms with E-state index in [1.54, 1.807) is 0 Å². The molecule has 0 unspecified atom stereocenters. The van der Waals surface area contributed by atoms with Crippen LogP contribution in [0.2, 0.25) is 0 Å². The number of benzene rings is 1. The predicted octanol–water partition coefficient (Wildman–Crippen LogP) is 0.830. The molecule has 0 radical (unpaired) electrons. The first-order chi connectivity index (χ1) is 9.84. The minimum Gasteiger partial charge on any atom is -0.396 e. The van der Waals surface area contributed by atoms with E-state index >= 15 is 0 Å². The molecule has 9 heteroatoms. The Morgan fingerprint density at radius 1 is 1.10 bits per heavy atom. The number of anilines is 1. The van der Waals surface area contributed by atoms with Crippen LogP contribution in [0.1, 0.15) is 0 Å². The lowest BCUT2D eigenvalue weighted by molar-refractivity contribution is 0.150. The van der Waals surface area contributed by atoms with Gasteiger partial charge < -0.3 is 15.2 Å². The average molecular weight is 324 g/mol. The van der Waals surface area contributed by atoms with Crippen molar-refractivity contribution in [2.45, 2.75) is 4.90 Å². The third-order valence-corrected chi connectivity index (χ3v) is 4.67. The molecule has 0 amide bonds. The van der Waals surface area contributed by atoms with Gasteiger partial charge >= 0.3 is 0 Å². The van der Waals surface area contributed by atoms with Gasteiger partial charge in [0.15, 0.2) is 0 Å². The predicted molar refractivity (Wildman–Crippen MR) is 73.3 cm³/mol. The molecule has 0 bridgehead atoms. The van der Waals surface area contributed by atoms with Gasteiger partial charge in [0.1, 0.15) is 16.5 Å². The highest BCUT2D eigenvalue weighted by molar-refractivity contribution is 7.89. The average Bonchev–Trinajstić information content (AvgIpc) is 2.42. The Kier molecular flexibility index (Phi) is 6.46. The molecule has 21 heavy (non-hydrogen) atoms. The summed E-state index contributed by atoms with van der Waals surface area (Å²) in [6.45, 7) is 0.278. The molecule has 0 aliphatic carbocycles. The van der Waals surface area contributed by atoms with Gasteiger partial charge in [-0.15, -0.1) is 0 Å². The summed E-state index contributed by atoms with van der Waals surface area (Å²) in [6, 6.07) is 1.22. The second-order valence-electron chi connectivity index (χ2n) is 4.19. The molecule has 1 rings (SSSR count). The van der Waals surface area contributed by atoms with Crippen LogP contribution < -0.4 is 5.73 Å². The maximum Gasteiger partial charge on any atom is 0.246 e. The van der Waals surface area contributed by atoms with Crippen molar-refractivity contribution in [3.8, 4) is 0 Å². The highest BCUT2D eigenvalue weighted by Gasteiger charge is 2.28. The molecule has 1 aromatic carbocycles. The zero-order valence-electron chi connectivity index (χ0n) is 11.8. The van der Waals surface area contributed by atoms with Gasteiger partial charge in [-0.25, -0.2) is 17.2 Å². The number of nitrogens with zero attached hydrogens (tertiary/aromatic N) is 1. The molecule has 120 valence electrons. The summed E-state index contributed by atoms with van der Waals surface area (Å²) in [7, 11) is -1.34. The minimum atomic E-state index is -4.16. The number of hydrogen-bond donors (Lipinski definition) is 1. The molecule has 0 heterocycles. The van der Waals surface area contributed by atoms with Crippen molar-refractivity contribution in [2.75, 3.05) is 46.3 Å². The summed E-state index contributed by atoms with van der Waals surface area (Å²) in [5, 5.41) is 0. The number of nitrogen functional groups attached to an aromatic ring is 1. The van der Waals surface area contributed by atoms with E-state index in [0.717, 1.165) is 10.4 Å². The third kappa shape index (κ3) is 4.34. The van der Waals surface area contributed by atoms with Crippen molar-refractivity contribution in [3.63, 3.8) is 0 Å². The van der Waals surface area contributed by atoms with Crippen molar-refractivity contribution < 1.29 is 26.7 Å². The molecule has 0 aromatic heterocycles. The van der Waals surface area contributed by atoms with Crippen molar-refractivity contribution >= 4 is 15.7 Å². The minimum absolute atomic E-state index is 0.0128. The molecule has 0 spiro atoms. The third-order valence-electron chi connectivity index (χ3n) is 2.76. The Morgan fingerprint density at radius 3 is 2.10 bits per heavy atom. The van der Waals surface area contributed by atoms with Crippen molar-refractivity contribution in [3.05, 3.63) is 23.8 Å². The van der Waals surface area contributed by atoms with Crippen LogP contribution in [0.4, 0.5) is 14.5 Å². The number of sulfonamides is 1. The Bertz CT molecular complexity index is 573. The van der Waals surface area contributed by atoms with Crippen molar-refractivity contribution in [1.29, 1.82) is 0 Å². The van der Waals surface area contributed by atoms with Crippen LogP contribution in [0.25, 0.3) is 0 Å².